The molecule has 0 aromatic heterocycles. The van der Waals surface area contributed by atoms with Crippen molar-refractivity contribution in [1.82, 2.24) is 15.1 Å². The predicted octanol–water partition coefficient (Wildman–Crippen LogP) is 2.94. The van der Waals surface area contributed by atoms with Crippen molar-refractivity contribution in [3.8, 4) is 5.75 Å². The Kier molecular flexibility index (Phi) is 7.68. The molecule has 1 heterocycles. The van der Waals surface area contributed by atoms with Crippen molar-refractivity contribution in [3.63, 3.8) is 0 Å². The minimum absolute atomic E-state index is 0.0381. The van der Waals surface area contributed by atoms with Crippen molar-refractivity contribution in [2.45, 2.75) is 26.5 Å². The standard InChI is InChI=1S/C23H30N4O3/c1-3-24-23(29)27-15-13-26(14-16-27)18(2)22(28)25-20-9-11-21(12-10-20)30-17-19-7-5-4-6-8-19/h4-12,18H,3,13-17H2,1-2H3,(H,24,29)(H,25,28). The summed E-state index contributed by atoms with van der Waals surface area (Å²) in [5.41, 5.74) is 1.84. The Labute approximate surface area is 178 Å². The molecule has 3 amide bonds. The van der Waals surface area contributed by atoms with Gasteiger partial charge in [0.2, 0.25) is 5.91 Å². The minimum atomic E-state index is -0.268. The number of amides is 3. The Balaban J connectivity index is 1.45. The van der Waals surface area contributed by atoms with Gasteiger partial charge < -0.3 is 20.3 Å². The van der Waals surface area contributed by atoms with Crippen LogP contribution >= 0.6 is 0 Å². The van der Waals surface area contributed by atoms with E-state index in [1.54, 1.807) is 4.90 Å². The number of nitrogens with one attached hydrogen (secondary N) is 2. The fourth-order valence-electron chi connectivity index (χ4n) is 3.36. The molecule has 3 rings (SSSR count). The molecule has 7 heteroatoms. The van der Waals surface area contributed by atoms with Crippen LogP contribution in [0.2, 0.25) is 0 Å². The normalized spacial score (nSPS) is 15.3. The maximum absolute atomic E-state index is 12.6. The lowest BCUT2D eigenvalue weighted by atomic mass is 10.2. The number of rotatable bonds is 7. The van der Waals surface area contributed by atoms with Crippen LogP contribution in [0.5, 0.6) is 5.75 Å². The van der Waals surface area contributed by atoms with Gasteiger partial charge in [-0.1, -0.05) is 30.3 Å². The number of anilines is 1. The average molecular weight is 411 g/mol. The van der Waals surface area contributed by atoms with Crippen LogP contribution in [0.25, 0.3) is 0 Å². The highest BCUT2D eigenvalue weighted by atomic mass is 16.5. The molecule has 1 atom stereocenters. The van der Waals surface area contributed by atoms with Crippen molar-refractivity contribution in [3.05, 3.63) is 60.2 Å². The Morgan fingerprint density at radius 1 is 1.00 bits per heavy atom. The van der Waals surface area contributed by atoms with E-state index < -0.39 is 0 Å². The fourth-order valence-corrected chi connectivity index (χ4v) is 3.36. The maximum Gasteiger partial charge on any atom is 0.317 e. The fraction of sp³-hybridized carbons (Fsp3) is 0.391. The molecule has 0 bridgehead atoms. The number of piperazine rings is 1. The molecule has 0 radical (unpaired) electrons. The number of ether oxygens (including phenoxy) is 1. The molecule has 160 valence electrons. The van der Waals surface area contributed by atoms with Gasteiger partial charge in [0.15, 0.2) is 0 Å². The number of hydrogen-bond acceptors (Lipinski definition) is 4. The van der Waals surface area contributed by atoms with E-state index in [2.05, 4.69) is 15.5 Å². The van der Waals surface area contributed by atoms with E-state index in [9.17, 15) is 9.59 Å². The third kappa shape index (κ3) is 5.97. The van der Waals surface area contributed by atoms with E-state index in [1.165, 1.54) is 0 Å². The molecule has 1 unspecified atom stereocenters. The summed E-state index contributed by atoms with van der Waals surface area (Å²) in [6, 6.07) is 17.1. The first-order chi connectivity index (χ1) is 14.6. The van der Waals surface area contributed by atoms with Crippen LogP contribution in [-0.4, -0.2) is 60.5 Å². The quantitative estimate of drug-likeness (QED) is 0.736. The second kappa shape index (κ2) is 10.6. The highest BCUT2D eigenvalue weighted by molar-refractivity contribution is 5.94. The second-order valence-corrected chi connectivity index (χ2v) is 7.32. The Bertz CT molecular complexity index is 818. The van der Waals surface area contributed by atoms with Gasteiger partial charge in [-0.3, -0.25) is 9.69 Å². The Hall–Kier alpha value is -3.06. The summed E-state index contributed by atoms with van der Waals surface area (Å²) in [6.45, 7) is 7.53. The highest BCUT2D eigenvalue weighted by Crippen LogP contribution is 2.18. The monoisotopic (exact) mass is 410 g/mol. The molecule has 1 aliphatic heterocycles. The van der Waals surface area contributed by atoms with Crippen molar-refractivity contribution in [1.29, 1.82) is 0 Å². The topological polar surface area (TPSA) is 73.9 Å². The molecule has 0 saturated carbocycles. The van der Waals surface area contributed by atoms with Gasteiger partial charge in [-0.15, -0.1) is 0 Å². The second-order valence-electron chi connectivity index (χ2n) is 7.32. The van der Waals surface area contributed by atoms with Crippen LogP contribution < -0.4 is 15.4 Å². The molecule has 0 spiro atoms. The lowest BCUT2D eigenvalue weighted by Crippen LogP contribution is -2.55. The number of urea groups is 1. The average Bonchev–Trinajstić information content (AvgIpc) is 2.79. The number of carbonyl (C=O) groups excluding carboxylic acids is 2. The first kappa shape index (κ1) is 21.6. The summed E-state index contributed by atoms with van der Waals surface area (Å²) in [7, 11) is 0. The summed E-state index contributed by atoms with van der Waals surface area (Å²) >= 11 is 0. The SMILES string of the molecule is CCNC(=O)N1CCN(C(C)C(=O)Nc2ccc(OCc3ccccc3)cc2)CC1. The number of benzene rings is 2. The lowest BCUT2D eigenvalue weighted by molar-refractivity contribution is -0.121. The molecule has 1 saturated heterocycles. The van der Waals surface area contributed by atoms with Crippen molar-refractivity contribution in [2.24, 2.45) is 0 Å². The zero-order chi connectivity index (χ0) is 21.3. The molecule has 2 N–H and O–H groups in total. The summed E-state index contributed by atoms with van der Waals surface area (Å²) in [6.07, 6.45) is 0. The van der Waals surface area contributed by atoms with Gasteiger partial charge in [-0.05, 0) is 43.7 Å². The van der Waals surface area contributed by atoms with Gasteiger partial charge in [-0.2, -0.15) is 0 Å². The molecule has 1 aliphatic rings. The van der Waals surface area contributed by atoms with E-state index in [4.69, 9.17) is 4.74 Å². The van der Waals surface area contributed by atoms with E-state index in [1.807, 2.05) is 68.4 Å². The zero-order valence-electron chi connectivity index (χ0n) is 17.6. The first-order valence-corrected chi connectivity index (χ1v) is 10.4. The Morgan fingerprint density at radius 2 is 1.67 bits per heavy atom. The molecule has 2 aromatic carbocycles. The van der Waals surface area contributed by atoms with E-state index in [-0.39, 0.29) is 18.0 Å². The molecule has 0 aliphatic carbocycles. The van der Waals surface area contributed by atoms with Crippen molar-refractivity contribution < 1.29 is 14.3 Å². The van der Waals surface area contributed by atoms with E-state index in [0.717, 1.165) is 17.0 Å². The van der Waals surface area contributed by atoms with Crippen LogP contribution in [0.15, 0.2) is 54.6 Å². The third-order valence-electron chi connectivity index (χ3n) is 5.23. The Morgan fingerprint density at radius 3 is 2.30 bits per heavy atom. The zero-order valence-corrected chi connectivity index (χ0v) is 17.6. The summed E-state index contributed by atoms with van der Waals surface area (Å²) < 4.78 is 5.78. The number of nitrogens with zero attached hydrogens (tertiary/aromatic N) is 2. The number of hydrogen-bond donors (Lipinski definition) is 2. The van der Waals surface area contributed by atoms with Crippen molar-refractivity contribution >= 4 is 17.6 Å². The predicted molar refractivity (Wildman–Crippen MR) is 118 cm³/mol. The van der Waals surface area contributed by atoms with Crippen LogP contribution in [0, 0.1) is 0 Å². The number of carbonyl (C=O) groups is 2. The van der Waals surface area contributed by atoms with E-state index in [0.29, 0.717) is 39.3 Å². The highest BCUT2D eigenvalue weighted by Gasteiger charge is 2.27. The van der Waals surface area contributed by atoms with Gasteiger partial charge in [0, 0.05) is 38.4 Å². The minimum Gasteiger partial charge on any atom is -0.489 e. The largest absolute Gasteiger partial charge is 0.489 e. The summed E-state index contributed by atoms with van der Waals surface area (Å²) in [4.78, 5) is 28.4. The molecular formula is C23H30N4O3. The first-order valence-electron chi connectivity index (χ1n) is 10.4. The smallest absolute Gasteiger partial charge is 0.317 e. The van der Waals surface area contributed by atoms with Gasteiger partial charge in [0.25, 0.3) is 0 Å². The van der Waals surface area contributed by atoms with Gasteiger partial charge in [0.05, 0.1) is 6.04 Å². The van der Waals surface area contributed by atoms with E-state index >= 15 is 0 Å². The molecule has 1 fully saturated rings. The lowest BCUT2D eigenvalue weighted by Gasteiger charge is -2.37. The summed E-state index contributed by atoms with van der Waals surface area (Å²) in [5.74, 6) is 0.700. The van der Waals surface area contributed by atoms with Gasteiger partial charge in [0.1, 0.15) is 12.4 Å². The third-order valence-corrected chi connectivity index (χ3v) is 5.23. The van der Waals surface area contributed by atoms with Gasteiger partial charge >= 0.3 is 6.03 Å². The molecule has 30 heavy (non-hydrogen) atoms. The van der Waals surface area contributed by atoms with Crippen LogP contribution in [-0.2, 0) is 11.4 Å². The van der Waals surface area contributed by atoms with Crippen LogP contribution in [0.3, 0.4) is 0 Å². The van der Waals surface area contributed by atoms with Crippen LogP contribution in [0.1, 0.15) is 19.4 Å². The van der Waals surface area contributed by atoms with Crippen LogP contribution in [0.4, 0.5) is 10.5 Å². The summed E-state index contributed by atoms with van der Waals surface area (Å²) in [5, 5.41) is 5.78. The molecule has 2 aromatic rings. The van der Waals surface area contributed by atoms with Crippen molar-refractivity contribution in [2.75, 3.05) is 38.0 Å². The maximum atomic E-state index is 12.6. The van der Waals surface area contributed by atoms with Gasteiger partial charge in [-0.25, -0.2) is 4.79 Å². The molecule has 7 nitrogen and oxygen atoms in total. The molecular weight excluding hydrogens is 380 g/mol.